The summed E-state index contributed by atoms with van der Waals surface area (Å²) < 4.78 is 1.42. The fourth-order valence-corrected chi connectivity index (χ4v) is 2.02. The predicted octanol–water partition coefficient (Wildman–Crippen LogP) is 1.64. The number of nitrogens with one attached hydrogen (secondary N) is 1. The highest BCUT2D eigenvalue weighted by molar-refractivity contribution is 5.76. The molecule has 1 atom stereocenters. The van der Waals surface area contributed by atoms with Gasteiger partial charge < -0.3 is 5.32 Å². The van der Waals surface area contributed by atoms with Gasteiger partial charge in [-0.15, -0.1) is 10.2 Å². The Morgan fingerprint density at radius 2 is 2.19 bits per heavy atom. The molecular formula is C15H17N5O. The third-order valence-corrected chi connectivity index (χ3v) is 3.44. The Kier molecular flexibility index (Phi) is 4.33. The molecule has 0 unspecified atom stereocenters. The van der Waals surface area contributed by atoms with Gasteiger partial charge in [0.15, 0.2) is 0 Å². The molecule has 0 aliphatic rings. The molecule has 0 aliphatic carbocycles. The van der Waals surface area contributed by atoms with Gasteiger partial charge in [-0.25, -0.2) is 0 Å². The van der Waals surface area contributed by atoms with Gasteiger partial charge >= 0.3 is 0 Å². The Balaban J connectivity index is 2.02. The standard InChI is InChI=1S/C15H17N5O/c1-10-4-5-13(6-11(10)2)12(3)18-15(21)8-20-9-17-19-14(20)7-16/h4-6,9,12H,8H2,1-3H3,(H,18,21)/t12-/m1/s1. The molecule has 0 fully saturated rings. The Bertz CT molecular complexity index is 698. The van der Waals surface area contributed by atoms with Crippen LogP contribution in [0.1, 0.15) is 35.5 Å². The minimum atomic E-state index is -0.183. The molecule has 108 valence electrons. The minimum Gasteiger partial charge on any atom is -0.348 e. The van der Waals surface area contributed by atoms with Crippen molar-refractivity contribution in [3.63, 3.8) is 0 Å². The van der Waals surface area contributed by atoms with Crippen molar-refractivity contribution in [2.75, 3.05) is 0 Å². The van der Waals surface area contributed by atoms with Crippen LogP contribution in [0.5, 0.6) is 0 Å². The lowest BCUT2D eigenvalue weighted by molar-refractivity contribution is -0.122. The van der Waals surface area contributed by atoms with E-state index in [4.69, 9.17) is 5.26 Å². The monoisotopic (exact) mass is 283 g/mol. The Labute approximate surface area is 123 Å². The molecular weight excluding hydrogens is 266 g/mol. The van der Waals surface area contributed by atoms with Crippen molar-refractivity contribution in [2.24, 2.45) is 0 Å². The molecule has 6 heteroatoms. The normalized spacial score (nSPS) is 11.7. The largest absolute Gasteiger partial charge is 0.348 e. The van der Waals surface area contributed by atoms with Gasteiger partial charge in [-0.3, -0.25) is 9.36 Å². The van der Waals surface area contributed by atoms with Crippen molar-refractivity contribution in [1.82, 2.24) is 20.1 Å². The fourth-order valence-electron chi connectivity index (χ4n) is 2.02. The first-order chi connectivity index (χ1) is 10.0. The summed E-state index contributed by atoms with van der Waals surface area (Å²) >= 11 is 0. The minimum absolute atomic E-state index is 0.0328. The Morgan fingerprint density at radius 3 is 2.86 bits per heavy atom. The second-order valence-corrected chi connectivity index (χ2v) is 5.03. The van der Waals surface area contributed by atoms with Crippen LogP contribution in [0.4, 0.5) is 0 Å². The molecule has 0 saturated carbocycles. The van der Waals surface area contributed by atoms with E-state index in [2.05, 4.69) is 28.5 Å². The van der Waals surface area contributed by atoms with Crippen molar-refractivity contribution in [2.45, 2.75) is 33.4 Å². The van der Waals surface area contributed by atoms with Crippen molar-refractivity contribution >= 4 is 5.91 Å². The molecule has 1 aromatic heterocycles. The maximum Gasteiger partial charge on any atom is 0.240 e. The summed E-state index contributed by atoms with van der Waals surface area (Å²) in [6, 6.07) is 7.91. The topological polar surface area (TPSA) is 83.6 Å². The molecule has 1 aromatic carbocycles. The zero-order valence-electron chi connectivity index (χ0n) is 12.3. The van der Waals surface area contributed by atoms with E-state index in [0.29, 0.717) is 0 Å². The molecule has 0 bridgehead atoms. The number of rotatable bonds is 4. The smallest absolute Gasteiger partial charge is 0.240 e. The molecule has 1 N–H and O–H groups in total. The Morgan fingerprint density at radius 1 is 1.43 bits per heavy atom. The summed E-state index contributed by atoms with van der Waals surface area (Å²) in [5.74, 6) is -0.0546. The lowest BCUT2D eigenvalue weighted by Crippen LogP contribution is -2.30. The lowest BCUT2D eigenvalue weighted by Gasteiger charge is -2.16. The van der Waals surface area contributed by atoms with E-state index < -0.39 is 0 Å². The third-order valence-electron chi connectivity index (χ3n) is 3.44. The van der Waals surface area contributed by atoms with E-state index in [1.54, 1.807) is 0 Å². The molecule has 1 amide bonds. The van der Waals surface area contributed by atoms with E-state index in [1.165, 1.54) is 22.0 Å². The molecule has 2 aromatic rings. The lowest BCUT2D eigenvalue weighted by atomic mass is 10.0. The van der Waals surface area contributed by atoms with Crippen LogP contribution in [0.15, 0.2) is 24.5 Å². The number of benzene rings is 1. The highest BCUT2D eigenvalue weighted by atomic mass is 16.2. The molecule has 0 aliphatic heterocycles. The van der Waals surface area contributed by atoms with E-state index in [-0.39, 0.29) is 24.3 Å². The second-order valence-electron chi connectivity index (χ2n) is 5.03. The number of aryl methyl sites for hydroxylation is 2. The number of amides is 1. The van der Waals surface area contributed by atoms with Gasteiger partial charge in [0.1, 0.15) is 18.9 Å². The van der Waals surface area contributed by atoms with E-state index in [9.17, 15) is 4.79 Å². The summed E-state index contributed by atoms with van der Waals surface area (Å²) in [6.07, 6.45) is 1.37. The average molecular weight is 283 g/mol. The van der Waals surface area contributed by atoms with Crippen LogP contribution < -0.4 is 5.32 Å². The van der Waals surface area contributed by atoms with E-state index in [1.807, 2.05) is 32.0 Å². The van der Waals surface area contributed by atoms with Gasteiger partial charge in [0.05, 0.1) is 6.04 Å². The average Bonchev–Trinajstić information content (AvgIpc) is 2.88. The van der Waals surface area contributed by atoms with Crippen LogP contribution in [-0.4, -0.2) is 20.7 Å². The second kappa shape index (κ2) is 6.18. The highest BCUT2D eigenvalue weighted by Crippen LogP contribution is 2.16. The van der Waals surface area contributed by atoms with Crippen molar-refractivity contribution in [3.05, 3.63) is 47.0 Å². The Hall–Kier alpha value is -2.68. The van der Waals surface area contributed by atoms with Crippen LogP contribution in [0.3, 0.4) is 0 Å². The molecule has 6 nitrogen and oxygen atoms in total. The first-order valence-corrected chi connectivity index (χ1v) is 6.65. The summed E-state index contributed by atoms with van der Waals surface area (Å²) in [5, 5.41) is 19.0. The van der Waals surface area contributed by atoms with Gasteiger partial charge in [0.2, 0.25) is 11.7 Å². The highest BCUT2D eigenvalue weighted by Gasteiger charge is 2.12. The van der Waals surface area contributed by atoms with E-state index >= 15 is 0 Å². The van der Waals surface area contributed by atoms with Gasteiger partial charge in [-0.2, -0.15) is 5.26 Å². The number of nitrogens with zero attached hydrogens (tertiary/aromatic N) is 4. The number of carbonyl (C=O) groups excluding carboxylic acids is 1. The molecule has 0 saturated heterocycles. The van der Waals surface area contributed by atoms with Crippen molar-refractivity contribution < 1.29 is 4.79 Å². The summed E-state index contributed by atoms with van der Waals surface area (Å²) in [7, 11) is 0. The molecule has 1 heterocycles. The summed E-state index contributed by atoms with van der Waals surface area (Å²) in [6.45, 7) is 6.06. The maximum absolute atomic E-state index is 12.0. The first-order valence-electron chi connectivity index (χ1n) is 6.65. The van der Waals surface area contributed by atoms with Gasteiger partial charge in [-0.05, 0) is 37.5 Å². The molecule has 0 spiro atoms. The van der Waals surface area contributed by atoms with E-state index in [0.717, 1.165) is 5.56 Å². The number of aromatic nitrogens is 3. The van der Waals surface area contributed by atoms with Crippen molar-refractivity contribution in [3.8, 4) is 6.07 Å². The van der Waals surface area contributed by atoms with Gasteiger partial charge in [0.25, 0.3) is 0 Å². The summed E-state index contributed by atoms with van der Waals surface area (Å²) in [4.78, 5) is 12.0. The zero-order chi connectivity index (χ0) is 15.4. The SMILES string of the molecule is Cc1ccc([C@@H](C)NC(=O)Cn2cnnc2C#N)cc1C. The number of hydrogen-bond donors (Lipinski definition) is 1. The number of nitriles is 1. The van der Waals surface area contributed by atoms with Crippen LogP contribution in [0.25, 0.3) is 0 Å². The van der Waals surface area contributed by atoms with Crippen LogP contribution in [0.2, 0.25) is 0 Å². The quantitative estimate of drug-likeness (QED) is 0.924. The number of carbonyl (C=O) groups is 1. The van der Waals surface area contributed by atoms with Gasteiger partial charge in [0, 0.05) is 0 Å². The fraction of sp³-hybridized carbons (Fsp3) is 0.333. The van der Waals surface area contributed by atoms with Crippen molar-refractivity contribution in [1.29, 1.82) is 5.26 Å². The number of hydrogen-bond acceptors (Lipinski definition) is 4. The predicted molar refractivity (Wildman–Crippen MR) is 77.2 cm³/mol. The first kappa shape index (κ1) is 14.7. The van der Waals surface area contributed by atoms with Crippen LogP contribution >= 0.6 is 0 Å². The third kappa shape index (κ3) is 3.45. The van der Waals surface area contributed by atoms with Crippen LogP contribution in [-0.2, 0) is 11.3 Å². The summed E-state index contributed by atoms with van der Waals surface area (Å²) in [5.41, 5.74) is 3.47. The van der Waals surface area contributed by atoms with Gasteiger partial charge in [-0.1, -0.05) is 18.2 Å². The molecule has 21 heavy (non-hydrogen) atoms. The van der Waals surface area contributed by atoms with Crippen LogP contribution in [0, 0.1) is 25.2 Å². The maximum atomic E-state index is 12.0. The zero-order valence-corrected chi connectivity index (χ0v) is 12.3. The molecule has 0 radical (unpaired) electrons. The molecule has 2 rings (SSSR count).